The van der Waals surface area contributed by atoms with Crippen molar-refractivity contribution in [2.24, 2.45) is 5.92 Å². The third-order valence-electron chi connectivity index (χ3n) is 3.49. The number of hydrogen-bond donors (Lipinski definition) is 2. The Kier molecular flexibility index (Phi) is 9.41. The molecular formula is C15H25Cl2N3O2. The summed E-state index contributed by atoms with van der Waals surface area (Å²) in [5, 5.41) is 6.36. The second-order valence-electron chi connectivity index (χ2n) is 5.57. The molecule has 1 fully saturated rings. The molecule has 1 aromatic heterocycles. The number of nitrogens with one attached hydrogen (secondary N) is 2. The smallest absolute Gasteiger partial charge is 0.274 e. The van der Waals surface area contributed by atoms with E-state index in [-0.39, 0.29) is 42.9 Å². The summed E-state index contributed by atoms with van der Waals surface area (Å²) < 4.78 is 5.64. The molecule has 2 atom stereocenters. The fraction of sp³-hybridized carbons (Fsp3) is 0.600. The number of ether oxygens (including phenoxy) is 1. The molecule has 0 bridgehead atoms. The van der Waals surface area contributed by atoms with Crippen molar-refractivity contribution >= 4 is 30.7 Å². The minimum Gasteiger partial charge on any atom is -0.489 e. The molecule has 0 aliphatic carbocycles. The number of piperidine rings is 1. The van der Waals surface area contributed by atoms with Crippen LogP contribution in [0.4, 0.5) is 0 Å². The number of amides is 1. The van der Waals surface area contributed by atoms with E-state index >= 15 is 0 Å². The first-order valence-corrected chi connectivity index (χ1v) is 7.21. The molecule has 0 saturated carbocycles. The minimum atomic E-state index is -0.165. The van der Waals surface area contributed by atoms with E-state index in [2.05, 4.69) is 22.5 Å². The highest BCUT2D eigenvalue weighted by atomic mass is 35.5. The molecular weight excluding hydrogens is 325 g/mol. The van der Waals surface area contributed by atoms with Crippen molar-refractivity contribution in [3.05, 3.63) is 24.0 Å². The first-order chi connectivity index (χ1) is 9.58. The minimum absolute atomic E-state index is 0. The monoisotopic (exact) mass is 349 g/mol. The van der Waals surface area contributed by atoms with Crippen LogP contribution in [0.2, 0.25) is 0 Å². The van der Waals surface area contributed by atoms with Gasteiger partial charge in [0.25, 0.3) is 5.91 Å². The van der Waals surface area contributed by atoms with E-state index in [1.807, 2.05) is 13.8 Å². The number of aromatic nitrogens is 1. The van der Waals surface area contributed by atoms with E-state index in [0.29, 0.717) is 17.4 Å². The molecule has 0 radical (unpaired) electrons. The van der Waals surface area contributed by atoms with Gasteiger partial charge in [-0.15, -0.1) is 24.8 Å². The van der Waals surface area contributed by atoms with Crippen molar-refractivity contribution in [2.75, 3.05) is 13.1 Å². The molecule has 1 aromatic rings. The molecule has 2 unspecified atom stereocenters. The van der Waals surface area contributed by atoms with Gasteiger partial charge in [-0.1, -0.05) is 6.92 Å². The SMILES string of the molecule is CC(C)Oc1cccnc1C(=O)NC1CNCCC1C.Cl.Cl. The average Bonchev–Trinajstić information content (AvgIpc) is 2.41. The highest BCUT2D eigenvalue weighted by molar-refractivity contribution is 5.95. The van der Waals surface area contributed by atoms with Crippen LogP contribution < -0.4 is 15.4 Å². The van der Waals surface area contributed by atoms with Gasteiger partial charge in [0.15, 0.2) is 11.4 Å². The molecule has 2 N–H and O–H groups in total. The number of carbonyl (C=O) groups excluding carboxylic acids is 1. The summed E-state index contributed by atoms with van der Waals surface area (Å²) in [6.45, 7) is 7.85. The number of nitrogens with zero attached hydrogens (tertiary/aromatic N) is 1. The largest absolute Gasteiger partial charge is 0.489 e. The van der Waals surface area contributed by atoms with E-state index in [1.165, 1.54) is 0 Å². The van der Waals surface area contributed by atoms with Crippen LogP contribution in [0.3, 0.4) is 0 Å². The quantitative estimate of drug-likeness (QED) is 0.876. The Bertz CT molecular complexity index is 472. The van der Waals surface area contributed by atoms with Gasteiger partial charge in [0, 0.05) is 18.8 Å². The van der Waals surface area contributed by atoms with Crippen LogP contribution in [0, 0.1) is 5.92 Å². The second kappa shape index (κ2) is 9.87. The molecule has 0 aromatic carbocycles. The highest BCUT2D eigenvalue weighted by Gasteiger charge is 2.25. The summed E-state index contributed by atoms with van der Waals surface area (Å²) in [5.41, 5.74) is 0.360. The summed E-state index contributed by atoms with van der Waals surface area (Å²) in [7, 11) is 0. The third kappa shape index (κ3) is 5.63. The number of carbonyl (C=O) groups is 1. The number of halogens is 2. The average molecular weight is 350 g/mol. The van der Waals surface area contributed by atoms with E-state index < -0.39 is 0 Å². The number of hydrogen-bond acceptors (Lipinski definition) is 4. The lowest BCUT2D eigenvalue weighted by atomic mass is 9.95. The van der Waals surface area contributed by atoms with Gasteiger partial charge < -0.3 is 15.4 Å². The van der Waals surface area contributed by atoms with Crippen molar-refractivity contribution < 1.29 is 9.53 Å². The zero-order valence-electron chi connectivity index (χ0n) is 13.2. The van der Waals surface area contributed by atoms with Gasteiger partial charge in [-0.25, -0.2) is 4.98 Å². The molecule has 2 heterocycles. The Labute approximate surface area is 144 Å². The standard InChI is InChI=1S/C15H23N3O2.2ClH/c1-10(2)20-13-5-4-7-17-14(13)15(19)18-12-9-16-8-6-11(12)3;;/h4-5,7,10-12,16H,6,8-9H2,1-3H3,(H,18,19);2*1H. The van der Waals surface area contributed by atoms with Crippen molar-refractivity contribution in [1.82, 2.24) is 15.6 Å². The van der Waals surface area contributed by atoms with Gasteiger partial charge in [-0.2, -0.15) is 0 Å². The molecule has 1 aliphatic heterocycles. The lowest BCUT2D eigenvalue weighted by Gasteiger charge is -2.30. The number of pyridine rings is 1. The van der Waals surface area contributed by atoms with Gasteiger partial charge in [-0.3, -0.25) is 4.79 Å². The van der Waals surface area contributed by atoms with Crippen molar-refractivity contribution in [3.8, 4) is 5.75 Å². The van der Waals surface area contributed by atoms with Crippen molar-refractivity contribution in [3.63, 3.8) is 0 Å². The van der Waals surface area contributed by atoms with E-state index in [4.69, 9.17) is 4.74 Å². The van der Waals surface area contributed by atoms with Crippen LogP contribution in [-0.2, 0) is 0 Å². The molecule has 0 spiro atoms. The molecule has 1 amide bonds. The second-order valence-corrected chi connectivity index (χ2v) is 5.57. The fourth-order valence-electron chi connectivity index (χ4n) is 2.33. The molecule has 7 heteroatoms. The highest BCUT2D eigenvalue weighted by Crippen LogP contribution is 2.18. The summed E-state index contributed by atoms with van der Waals surface area (Å²) in [5.74, 6) is 0.844. The summed E-state index contributed by atoms with van der Waals surface area (Å²) in [4.78, 5) is 16.5. The first kappa shape index (κ1) is 21.0. The zero-order chi connectivity index (χ0) is 14.5. The van der Waals surface area contributed by atoms with Crippen LogP contribution in [-0.4, -0.2) is 36.1 Å². The van der Waals surface area contributed by atoms with Crippen LogP contribution in [0.5, 0.6) is 5.75 Å². The van der Waals surface area contributed by atoms with Crippen LogP contribution in [0.25, 0.3) is 0 Å². The van der Waals surface area contributed by atoms with Gasteiger partial charge in [0.2, 0.25) is 0 Å². The van der Waals surface area contributed by atoms with E-state index in [1.54, 1.807) is 18.3 Å². The molecule has 5 nitrogen and oxygen atoms in total. The lowest BCUT2D eigenvalue weighted by Crippen LogP contribution is -2.50. The van der Waals surface area contributed by atoms with Gasteiger partial charge in [-0.05, 0) is 44.9 Å². The van der Waals surface area contributed by atoms with Gasteiger partial charge in [0.05, 0.1) is 6.10 Å². The number of rotatable bonds is 4. The van der Waals surface area contributed by atoms with E-state index in [0.717, 1.165) is 19.5 Å². The molecule has 1 saturated heterocycles. The summed E-state index contributed by atoms with van der Waals surface area (Å²) in [6.07, 6.45) is 2.70. The summed E-state index contributed by atoms with van der Waals surface area (Å²) >= 11 is 0. The molecule has 22 heavy (non-hydrogen) atoms. The van der Waals surface area contributed by atoms with Crippen molar-refractivity contribution in [1.29, 1.82) is 0 Å². The Morgan fingerprint density at radius 1 is 1.45 bits per heavy atom. The predicted octanol–water partition coefficient (Wildman–Crippen LogP) is 2.44. The fourth-order valence-corrected chi connectivity index (χ4v) is 2.33. The van der Waals surface area contributed by atoms with Crippen molar-refractivity contribution in [2.45, 2.75) is 39.3 Å². The van der Waals surface area contributed by atoms with Gasteiger partial charge in [0.1, 0.15) is 0 Å². The maximum absolute atomic E-state index is 12.4. The predicted molar refractivity (Wildman–Crippen MR) is 92.4 cm³/mol. The normalized spacial score (nSPS) is 20.5. The summed E-state index contributed by atoms with van der Waals surface area (Å²) in [6, 6.07) is 3.70. The first-order valence-electron chi connectivity index (χ1n) is 7.21. The lowest BCUT2D eigenvalue weighted by molar-refractivity contribution is 0.0903. The molecule has 1 aliphatic rings. The Hall–Kier alpha value is -1.04. The maximum Gasteiger partial charge on any atom is 0.274 e. The van der Waals surface area contributed by atoms with Crippen LogP contribution in [0.15, 0.2) is 18.3 Å². The Morgan fingerprint density at radius 3 is 2.82 bits per heavy atom. The van der Waals surface area contributed by atoms with E-state index in [9.17, 15) is 4.79 Å². The van der Waals surface area contributed by atoms with Gasteiger partial charge >= 0.3 is 0 Å². The van der Waals surface area contributed by atoms with Crippen LogP contribution >= 0.6 is 24.8 Å². The zero-order valence-corrected chi connectivity index (χ0v) is 14.8. The molecule has 126 valence electrons. The molecule has 2 rings (SSSR count). The third-order valence-corrected chi connectivity index (χ3v) is 3.49. The topological polar surface area (TPSA) is 63.2 Å². The maximum atomic E-state index is 12.4. The Balaban J connectivity index is 0.00000220. The van der Waals surface area contributed by atoms with Crippen LogP contribution in [0.1, 0.15) is 37.7 Å². The Morgan fingerprint density at radius 2 is 2.18 bits per heavy atom.